The third kappa shape index (κ3) is 2.60. The third-order valence-corrected chi connectivity index (χ3v) is 4.89. The van der Waals surface area contributed by atoms with Crippen LogP contribution in [0.2, 0.25) is 0 Å². The van der Waals surface area contributed by atoms with Crippen LogP contribution in [0.15, 0.2) is 48.8 Å². The van der Waals surface area contributed by atoms with Crippen LogP contribution in [0.5, 0.6) is 0 Å². The number of benzene rings is 1. The zero-order chi connectivity index (χ0) is 17.4. The average molecular weight is 334 g/mol. The number of aliphatic carboxylic acids is 1. The van der Waals surface area contributed by atoms with Crippen LogP contribution >= 0.6 is 0 Å². The minimum atomic E-state index is -0.734. The Hall–Kier alpha value is -2.99. The monoisotopic (exact) mass is 334 g/mol. The number of carboxylic acids is 1. The van der Waals surface area contributed by atoms with Gasteiger partial charge in [-0.05, 0) is 30.0 Å². The Morgan fingerprint density at radius 3 is 2.40 bits per heavy atom. The van der Waals surface area contributed by atoms with Gasteiger partial charge in [-0.25, -0.2) is 0 Å². The number of nitrogens with one attached hydrogen (secondary N) is 1. The molecule has 1 saturated carbocycles. The first kappa shape index (κ1) is 15.5. The number of carboxylic acid groups (broad SMARTS) is 1. The highest BCUT2D eigenvalue weighted by atomic mass is 16.4. The summed E-state index contributed by atoms with van der Waals surface area (Å²) in [6.07, 6.45) is 4.96. The van der Waals surface area contributed by atoms with Crippen molar-refractivity contribution in [3.8, 4) is 22.4 Å². The summed E-state index contributed by atoms with van der Waals surface area (Å²) in [7, 11) is 0. The molecule has 3 aromatic rings. The summed E-state index contributed by atoms with van der Waals surface area (Å²) >= 11 is 0. The molecule has 6 nitrogen and oxygen atoms in total. The van der Waals surface area contributed by atoms with Gasteiger partial charge in [0.1, 0.15) is 0 Å². The molecule has 0 saturated heterocycles. The molecule has 126 valence electrons. The third-order valence-electron chi connectivity index (χ3n) is 4.89. The predicted octanol–water partition coefficient (Wildman–Crippen LogP) is 2.71. The van der Waals surface area contributed by atoms with Gasteiger partial charge < -0.3 is 10.8 Å². The van der Waals surface area contributed by atoms with E-state index in [-0.39, 0.29) is 0 Å². The standard InChI is InChI=1S/C19H18N4O2/c20-9-17-15(11-22-23-17)16-6-3-13(10-21-16)12-1-4-14(5-2-12)19(7-8-19)18(24)25/h1-6,10-11H,7-9,20H2,(H,22,23)(H,24,25). The Balaban J connectivity index is 1.59. The number of carbonyl (C=O) groups is 1. The summed E-state index contributed by atoms with van der Waals surface area (Å²) in [5.74, 6) is -0.734. The van der Waals surface area contributed by atoms with E-state index in [0.29, 0.717) is 19.4 Å². The van der Waals surface area contributed by atoms with E-state index >= 15 is 0 Å². The molecule has 2 heterocycles. The average Bonchev–Trinajstić information content (AvgIpc) is 3.33. The minimum Gasteiger partial charge on any atom is -0.481 e. The van der Waals surface area contributed by atoms with E-state index in [1.54, 1.807) is 6.20 Å². The van der Waals surface area contributed by atoms with Crippen molar-refractivity contribution in [2.45, 2.75) is 24.8 Å². The van der Waals surface area contributed by atoms with Crippen molar-refractivity contribution in [2.24, 2.45) is 5.73 Å². The van der Waals surface area contributed by atoms with Crippen LogP contribution in [0.25, 0.3) is 22.4 Å². The van der Waals surface area contributed by atoms with Gasteiger partial charge in [-0.1, -0.05) is 30.3 Å². The molecule has 25 heavy (non-hydrogen) atoms. The number of nitrogens with zero attached hydrogens (tertiary/aromatic N) is 2. The molecule has 0 spiro atoms. The second-order valence-electron chi connectivity index (χ2n) is 6.36. The number of rotatable bonds is 5. The minimum absolute atomic E-state index is 0.381. The summed E-state index contributed by atoms with van der Waals surface area (Å²) in [4.78, 5) is 15.9. The molecule has 0 radical (unpaired) electrons. The van der Waals surface area contributed by atoms with Crippen molar-refractivity contribution < 1.29 is 9.90 Å². The van der Waals surface area contributed by atoms with E-state index in [1.807, 2.05) is 42.6 Å². The summed E-state index contributed by atoms with van der Waals surface area (Å²) in [6.45, 7) is 0.381. The highest BCUT2D eigenvalue weighted by Crippen LogP contribution is 2.48. The van der Waals surface area contributed by atoms with Crippen LogP contribution in [-0.4, -0.2) is 26.3 Å². The fourth-order valence-corrected chi connectivity index (χ4v) is 3.15. The molecule has 6 heteroatoms. The van der Waals surface area contributed by atoms with Gasteiger partial charge in [0.05, 0.1) is 23.0 Å². The van der Waals surface area contributed by atoms with Crippen LogP contribution in [0, 0.1) is 0 Å². The molecular formula is C19H18N4O2. The Bertz CT molecular complexity index is 909. The second-order valence-corrected chi connectivity index (χ2v) is 6.36. The van der Waals surface area contributed by atoms with Gasteiger partial charge in [-0.15, -0.1) is 0 Å². The molecule has 4 rings (SSSR count). The van der Waals surface area contributed by atoms with Crippen molar-refractivity contribution in [1.82, 2.24) is 15.2 Å². The topological polar surface area (TPSA) is 105 Å². The van der Waals surface area contributed by atoms with Crippen molar-refractivity contribution >= 4 is 5.97 Å². The summed E-state index contributed by atoms with van der Waals surface area (Å²) in [6, 6.07) is 11.7. The highest BCUT2D eigenvalue weighted by molar-refractivity contribution is 5.85. The number of hydrogen-bond acceptors (Lipinski definition) is 4. The van der Waals surface area contributed by atoms with Crippen LogP contribution in [0.1, 0.15) is 24.1 Å². The summed E-state index contributed by atoms with van der Waals surface area (Å²) < 4.78 is 0. The first-order chi connectivity index (χ1) is 12.1. The highest BCUT2D eigenvalue weighted by Gasteiger charge is 2.51. The fourth-order valence-electron chi connectivity index (χ4n) is 3.15. The normalized spacial score (nSPS) is 15.1. The number of pyridine rings is 1. The Morgan fingerprint density at radius 2 is 1.84 bits per heavy atom. The largest absolute Gasteiger partial charge is 0.481 e. The van der Waals surface area contributed by atoms with Crippen LogP contribution in [-0.2, 0) is 16.8 Å². The van der Waals surface area contributed by atoms with Gasteiger partial charge in [-0.2, -0.15) is 5.10 Å². The van der Waals surface area contributed by atoms with E-state index in [2.05, 4.69) is 15.2 Å². The lowest BCUT2D eigenvalue weighted by Gasteiger charge is -2.11. The zero-order valence-corrected chi connectivity index (χ0v) is 13.6. The Labute approximate surface area is 144 Å². The molecule has 0 unspecified atom stereocenters. The molecule has 0 atom stereocenters. The molecular weight excluding hydrogens is 316 g/mol. The number of H-pyrrole nitrogens is 1. The van der Waals surface area contributed by atoms with Crippen molar-refractivity contribution in [3.05, 3.63) is 60.0 Å². The lowest BCUT2D eigenvalue weighted by atomic mass is 9.94. The molecule has 2 aromatic heterocycles. The lowest BCUT2D eigenvalue weighted by Crippen LogP contribution is -2.19. The van der Waals surface area contributed by atoms with E-state index in [9.17, 15) is 9.90 Å². The molecule has 0 bridgehead atoms. The molecule has 1 fully saturated rings. The van der Waals surface area contributed by atoms with Crippen molar-refractivity contribution in [3.63, 3.8) is 0 Å². The molecule has 4 N–H and O–H groups in total. The molecule has 1 aromatic carbocycles. The van der Waals surface area contributed by atoms with E-state index in [1.165, 1.54) is 0 Å². The smallest absolute Gasteiger partial charge is 0.314 e. The van der Waals surface area contributed by atoms with Gasteiger partial charge in [-0.3, -0.25) is 14.9 Å². The first-order valence-electron chi connectivity index (χ1n) is 8.17. The maximum absolute atomic E-state index is 11.4. The maximum Gasteiger partial charge on any atom is 0.314 e. The Morgan fingerprint density at radius 1 is 1.12 bits per heavy atom. The van der Waals surface area contributed by atoms with Gasteiger partial charge >= 0.3 is 5.97 Å². The number of hydrogen-bond donors (Lipinski definition) is 3. The summed E-state index contributed by atoms with van der Waals surface area (Å²) in [5, 5.41) is 16.3. The molecule has 1 aliphatic rings. The predicted molar refractivity (Wildman–Crippen MR) is 93.7 cm³/mol. The number of aromatic nitrogens is 3. The molecule has 0 aliphatic heterocycles. The zero-order valence-electron chi connectivity index (χ0n) is 13.6. The van der Waals surface area contributed by atoms with Gasteiger partial charge in [0.15, 0.2) is 0 Å². The van der Waals surface area contributed by atoms with Crippen LogP contribution in [0.3, 0.4) is 0 Å². The SMILES string of the molecule is NCc1[nH]ncc1-c1ccc(-c2ccc(C3(C(=O)O)CC3)cc2)cn1. The summed E-state index contributed by atoms with van der Waals surface area (Å²) in [5.41, 5.74) is 10.5. The van der Waals surface area contributed by atoms with Crippen molar-refractivity contribution in [2.75, 3.05) is 0 Å². The van der Waals surface area contributed by atoms with Gasteiger partial charge in [0.25, 0.3) is 0 Å². The first-order valence-corrected chi connectivity index (χ1v) is 8.17. The van der Waals surface area contributed by atoms with Crippen molar-refractivity contribution in [1.29, 1.82) is 0 Å². The van der Waals surface area contributed by atoms with Crippen LogP contribution in [0.4, 0.5) is 0 Å². The Kier molecular flexibility index (Phi) is 3.62. The quantitative estimate of drug-likeness (QED) is 0.665. The van der Waals surface area contributed by atoms with E-state index < -0.39 is 11.4 Å². The van der Waals surface area contributed by atoms with Gasteiger partial charge in [0.2, 0.25) is 0 Å². The molecule has 0 amide bonds. The lowest BCUT2D eigenvalue weighted by molar-refractivity contribution is -0.140. The van der Waals surface area contributed by atoms with Crippen LogP contribution < -0.4 is 5.73 Å². The van der Waals surface area contributed by atoms with E-state index in [4.69, 9.17) is 5.73 Å². The van der Waals surface area contributed by atoms with E-state index in [0.717, 1.165) is 33.6 Å². The molecule has 1 aliphatic carbocycles. The second kappa shape index (κ2) is 5.82. The number of nitrogens with two attached hydrogens (primary N) is 1. The van der Waals surface area contributed by atoms with Gasteiger partial charge in [0, 0.05) is 23.9 Å². The maximum atomic E-state index is 11.4. The fraction of sp³-hybridized carbons (Fsp3) is 0.211. The number of aromatic amines is 1.